The maximum atomic E-state index is 11.5. The second kappa shape index (κ2) is 5.71. The lowest BCUT2D eigenvalue weighted by atomic mass is 9.89. The van der Waals surface area contributed by atoms with Crippen LogP contribution in [-0.2, 0) is 4.79 Å². The second-order valence-electron chi connectivity index (χ2n) is 5.88. The van der Waals surface area contributed by atoms with Gasteiger partial charge in [0.2, 0.25) is 0 Å². The Morgan fingerprint density at radius 1 is 1.56 bits per heavy atom. The number of hydrogen-bond acceptors (Lipinski definition) is 3. The van der Waals surface area contributed by atoms with E-state index < -0.39 is 11.5 Å². The molecule has 1 aliphatic rings. The van der Waals surface area contributed by atoms with Gasteiger partial charge in [-0.1, -0.05) is 6.92 Å². The Morgan fingerprint density at radius 2 is 2.22 bits per heavy atom. The molecule has 1 heterocycles. The van der Waals surface area contributed by atoms with Crippen molar-refractivity contribution in [3.05, 3.63) is 0 Å². The first-order chi connectivity index (χ1) is 8.38. The van der Waals surface area contributed by atoms with Crippen LogP contribution >= 0.6 is 0 Å². The van der Waals surface area contributed by atoms with Crippen LogP contribution in [0.1, 0.15) is 52.9 Å². The third-order valence-corrected chi connectivity index (χ3v) is 4.14. The van der Waals surface area contributed by atoms with Crippen molar-refractivity contribution in [2.45, 2.75) is 58.4 Å². The summed E-state index contributed by atoms with van der Waals surface area (Å²) in [6, 6.07) is 2.29. The fraction of sp³-hybridized carbons (Fsp3) is 0.857. The lowest BCUT2D eigenvalue weighted by Crippen LogP contribution is -2.50. The standard InChI is InChI=1S/C14H24N2O2/c1-4-14(12(17)18)8-6-10-16(14)9-5-7-13(2,3)11-15/h4-10H2,1-3H3,(H,17,18). The van der Waals surface area contributed by atoms with Crippen LogP contribution in [0.3, 0.4) is 0 Å². The first kappa shape index (κ1) is 15.0. The number of carboxylic acids is 1. The highest BCUT2D eigenvalue weighted by Gasteiger charge is 2.45. The van der Waals surface area contributed by atoms with Crippen molar-refractivity contribution in [3.8, 4) is 6.07 Å². The molecular weight excluding hydrogens is 228 g/mol. The Bertz CT molecular complexity index is 346. The van der Waals surface area contributed by atoms with Gasteiger partial charge in [0.05, 0.1) is 11.5 Å². The summed E-state index contributed by atoms with van der Waals surface area (Å²) in [4.78, 5) is 13.6. The van der Waals surface area contributed by atoms with Crippen LogP contribution in [0.4, 0.5) is 0 Å². The van der Waals surface area contributed by atoms with E-state index in [2.05, 4.69) is 11.0 Å². The number of nitriles is 1. The summed E-state index contributed by atoms with van der Waals surface area (Å²) in [6.07, 6.45) is 4.07. The molecule has 1 aliphatic heterocycles. The fourth-order valence-corrected chi connectivity index (χ4v) is 2.82. The monoisotopic (exact) mass is 252 g/mol. The average Bonchev–Trinajstić information content (AvgIpc) is 2.73. The zero-order valence-corrected chi connectivity index (χ0v) is 11.7. The molecular formula is C14H24N2O2. The van der Waals surface area contributed by atoms with E-state index in [0.717, 1.165) is 38.8 Å². The summed E-state index contributed by atoms with van der Waals surface area (Å²) >= 11 is 0. The Balaban J connectivity index is 2.57. The van der Waals surface area contributed by atoms with Gasteiger partial charge < -0.3 is 5.11 Å². The summed E-state index contributed by atoms with van der Waals surface area (Å²) in [7, 11) is 0. The smallest absolute Gasteiger partial charge is 0.324 e. The van der Waals surface area contributed by atoms with Crippen molar-refractivity contribution in [2.24, 2.45) is 5.41 Å². The van der Waals surface area contributed by atoms with Gasteiger partial charge in [-0.25, -0.2) is 0 Å². The number of hydrogen-bond donors (Lipinski definition) is 1. The van der Waals surface area contributed by atoms with E-state index in [1.807, 2.05) is 20.8 Å². The van der Waals surface area contributed by atoms with Crippen molar-refractivity contribution < 1.29 is 9.90 Å². The molecule has 0 radical (unpaired) electrons. The number of nitrogens with zero attached hydrogens (tertiary/aromatic N) is 2. The van der Waals surface area contributed by atoms with E-state index in [0.29, 0.717) is 6.42 Å². The van der Waals surface area contributed by atoms with Gasteiger partial charge in [-0.3, -0.25) is 9.69 Å². The van der Waals surface area contributed by atoms with Gasteiger partial charge in [0.25, 0.3) is 0 Å². The highest BCUT2D eigenvalue weighted by molar-refractivity contribution is 5.79. The molecule has 1 saturated heterocycles. The predicted molar refractivity (Wildman–Crippen MR) is 70.1 cm³/mol. The molecule has 1 unspecified atom stereocenters. The number of rotatable bonds is 6. The van der Waals surface area contributed by atoms with Crippen LogP contribution in [0.15, 0.2) is 0 Å². The minimum atomic E-state index is -0.693. The Labute approximate surface area is 110 Å². The Hall–Kier alpha value is -1.08. The summed E-state index contributed by atoms with van der Waals surface area (Å²) in [5.41, 5.74) is -0.964. The van der Waals surface area contributed by atoms with Gasteiger partial charge in [0.15, 0.2) is 0 Å². The minimum absolute atomic E-state index is 0.308. The summed E-state index contributed by atoms with van der Waals surface area (Å²) in [6.45, 7) is 7.46. The van der Waals surface area contributed by atoms with E-state index in [-0.39, 0.29) is 5.41 Å². The Kier molecular flexibility index (Phi) is 4.75. The maximum absolute atomic E-state index is 11.5. The zero-order valence-electron chi connectivity index (χ0n) is 11.7. The SMILES string of the molecule is CCC1(C(=O)O)CCCN1CCCC(C)(C)C#N. The van der Waals surface area contributed by atoms with E-state index >= 15 is 0 Å². The first-order valence-corrected chi connectivity index (χ1v) is 6.78. The molecule has 0 saturated carbocycles. The van der Waals surface area contributed by atoms with E-state index in [1.54, 1.807) is 0 Å². The maximum Gasteiger partial charge on any atom is 0.324 e. The van der Waals surface area contributed by atoms with Gasteiger partial charge in [-0.05, 0) is 59.0 Å². The molecule has 1 fully saturated rings. The lowest BCUT2D eigenvalue weighted by molar-refractivity contribution is -0.150. The minimum Gasteiger partial charge on any atom is -0.480 e. The molecule has 0 aliphatic carbocycles. The topological polar surface area (TPSA) is 64.3 Å². The highest BCUT2D eigenvalue weighted by atomic mass is 16.4. The molecule has 0 amide bonds. The first-order valence-electron chi connectivity index (χ1n) is 6.78. The van der Waals surface area contributed by atoms with Crippen molar-refractivity contribution >= 4 is 5.97 Å². The molecule has 102 valence electrons. The largest absolute Gasteiger partial charge is 0.480 e. The van der Waals surface area contributed by atoms with Crippen LogP contribution in [-0.4, -0.2) is 34.6 Å². The third-order valence-electron chi connectivity index (χ3n) is 4.14. The average molecular weight is 252 g/mol. The molecule has 18 heavy (non-hydrogen) atoms. The molecule has 4 heteroatoms. The van der Waals surface area contributed by atoms with Gasteiger partial charge in [0, 0.05) is 0 Å². The van der Waals surface area contributed by atoms with Crippen LogP contribution in [0.25, 0.3) is 0 Å². The molecule has 0 aromatic rings. The number of aliphatic carboxylic acids is 1. The molecule has 0 aromatic heterocycles. The highest BCUT2D eigenvalue weighted by Crippen LogP contribution is 2.33. The van der Waals surface area contributed by atoms with Crippen molar-refractivity contribution in [1.29, 1.82) is 5.26 Å². The van der Waals surface area contributed by atoms with Crippen molar-refractivity contribution in [1.82, 2.24) is 4.90 Å². The van der Waals surface area contributed by atoms with E-state index in [1.165, 1.54) is 0 Å². The van der Waals surface area contributed by atoms with Crippen molar-refractivity contribution in [3.63, 3.8) is 0 Å². The molecule has 0 aromatic carbocycles. The number of likely N-dealkylation sites (tertiary alicyclic amines) is 1. The molecule has 0 spiro atoms. The van der Waals surface area contributed by atoms with Crippen LogP contribution in [0, 0.1) is 16.7 Å². The quantitative estimate of drug-likeness (QED) is 0.789. The van der Waals surface area contributed by atoms with Crippen molar-refractivity contribution in [2.75, 3.05) is 13.1 Å². The number of carboxylic acid groups (broad SMARTS) is 1. The van der Waals surface area contributed by atoms with E-state index in [4.69, 9.17) is 5.26 Å². The van der Waals surface area contributed by atoms with Gasteiger partial charge in [-0.2, -0.15) is 5.26 Å². The van der Waals surface area contributed by atoms with Crippen LogP contribution in [0.5, 0.6) is 0 Å². The fourth-order valence-electron chi connectivity index (χ4n) is 2.82. The second-order valence-corrected chi connectivity index (χ2v) is 5.88. The summed E-state index contributed by atoms with van der Waals surface area (Å²) in [5, 5.41) is 18.4. The third kappa shape index (κ3) is 3.02. The molecule has 1 rings (SSSR count). The molecule has 0 bridgehead atoms. The van der Waals surface area contributed by atoms with Gasteiger partial charge in [-0.15, -0.1) is 0 Å². The van der Waals surface area contributed by atoms with Crippen LogP contribution < -0.4 is 0 Å². The molecule has 1 atom stereocenters. The summed E-state index contributed by atoms with van der Waals surface area (Å²) < 4.78 is 0. The predicted octanol–water partition coefficient (Wildman–Crippen LogP) is 2.65. The number of carbonyl (C=O) groups is 1. The zero-order chi connectivity index (χ0) is 13.8. The Morgan fingerprint density at radius 3 is 2.72 bits per heavy atom. The van der Waals surface area contributed by atoms with Gasteiger partial charge in [0.1, 0.15) is 5.54 Å². The molecule has 4 nitrogen and oxygen atoms in total. The lowest BCUT2D eigenvalue weighted by Gasteiger charge is -2.34. The normalized spacial score (nSPS) is 25.0. The summed E-state index contributed by atoms with van der Waals surface area (Å²) in [5.74, 6) is -0.693. The molecule has 1 N–H and O–H groups in total. The van der Waals surface area contributed by atoms with E-state index in [9.17, 15) is 9.90 Å². The van der Waals surface area contributed by atoms with Gasteiger partial charge >= 0.3 is 5.97 Å². The van der Waals surface area contributed by atoms with Crippen LogP contribution in [0.2, 0.25) is 0 Å².